The van der Waals surface area contributed by atoms with Crippen molar-refractivity contribution < 1.29 is 16.8 Å². The molecule has 78 heavy (non-hydrogen) atoms. The summed E-state index contributed by atoms with van der Waals surface area (Å²) in [6, 6.07) is 42.1. The Morgan fingerprint density at radius 2 is 0.654 bits per heavy atom. The molecule has 0 bridgehead atoms. The van der Waals surface area contributed by atoms with Gasteiger partial charge in [0.1, 0.15) is 0 Å². The van der Waals surface area contributed by atoms with Crippen LogP contribution in [-0.2, 0) is 19.7 Å². The van der Waals surface area contributed by atoms with Gasteiger partial charge >= 0.3 is 0 Å². The summed E-state index contributed by atoms with van der Waals surface area (Å²) in [5, 5.41) is 1.10. The quantitative estimate of drug-likeness (QED) is 0.116. The minimum absolute atomic E-state index is 0.338. The molecule has 0 unspecified atom stereocenters. The van der Waals surface area contributed by atoms with Crippen LogP contribution in [0.3, 0.4) is 0 Å². The molecule has 12 rings (SSSR count). The van der Waals surface area contributed by atoms with Gasteiger partial charge in [-0.05, 0) is 145 Å². The summed E-state index contributed by atoms with van der Waals surface area (Å²) >= 11 is 14.3. The van der Waals surface area contributed by atoms with E-state index in [0.29, 0.717) is 41.0 Å². The van der Waals surface area contributed by atoms with Crippen LogP contribution in [0.15, 0.2) is 163 Å². The van der Waals surface area contributed by atoms with Crippen molar-refractivity contribution >= 4 is 88.8 Å². The van der Waals surface area contributed by atoms with Crippen molar-refractivity contribution in [3.8, 4) is 0 Å². The van der Waals surface area contributed by atoms with E-state index in [9.17, 15) is 16.8 Å². The maximum Gasteiger partial charge on any atom is 0.210 e. The third-order valence-electron chi connectivity index (χ3n) is 15.8. The van der Waals surface area contributed by atoms with Gasteiger partial charge in [0.2, 0.25) is 19.7 Å². The first kappa shape index (κ1) is 56.6. The Bertz CT molecular complexity index is 3060. The molecule has 3 saturated heterocycles. The minimum atomic E-state index is -3.52. The number of anilines is 6. The van der Waals surface area contributed by atoms with Gasteiger partial charge in [-0.3, -0.25) is 0 Å². The van der Waals surface area contributed by atoms with Crippen molar-refractivity contribution in [3.63, 3.8) is 0 Å². The third kappa shape index (κ3) is 12.9. The van der Waals surface area contributed by atoms with Gasteiger partial charge < -0.3 is 44.1 Å². The first-order valence-electron chi connectivity index (χ1n) is 27.4. The summed E-state index contributed by atoms with van der Waals surface area (Å²) in [5.74, 6) is 0. The summed E-state index contributed by atoms with van der Waals surface area (Å²) in [7, 11) is -0.507. The first-order chi connectivity index (χ1) is 37.7. The predicted octanol–water partition coefficient (Wildman–Crippen LogP) is 10.5. The molecule has 6 heterocycles. The molecule has 0 N–H and O–H groups in total. The second kappa shape index (κ2) is 25.4. The molecule has 0 saturated carbocycles. The van der Waals surface area contributed by atoms with Gasteiger partial charge in [0, 0.05) is 118 Å². The molecule has 6 aliphatic rings. The Kier molecular flexibility index (Phi) is 18.4. The van der Waals surface area contributed by atoms with Crippen LogP contribution in [0.2, 0.25) is 10.0 Å². The van der Waals surface area contributed by atoms with Crippen LogP contribution in [0.5, 0.6) is 0 Å². The summed E-state index contributed by atoms with van der Waals surface area (Å²) < 4.78 is 52.1. The highest BCUT2D eigenvalue weighted by Crippen LogP contribution is 2.49. The molecule has 6 aromatic rings. The zero-order chi connectivity index (χ0) is 54.4. The molecule has 6 aromatic carbocycles. The molecule has 0 amide bonds. The van der Waals surface area contributed by atoms with Gasteiger partial charge in [-0.2, -0.15) is 0 Å². The molecular formula is C60H73Cl2N9O4S3. The van der Waals surface area contributed by atoms with Gasteiger partial charge in [-0.25, -0.2) is 16.8 Å². The molecule has 6 aliphatic heterocycles. The molecule has 0 aliphatic carbocycles. The van der Waals surface area contributed by atoms with E-state index in [0.717, 1.165) is 109 Å². The molecule has 0 radical (unpaired) electrons. The standard InChI is InChI=1S/2C20H24ClN3O2S.C20H25N3S/c2*1-22-11-13-23(14-12-22)9-4-10-24-17-5-2-3-6-19(17)27(25,26)20-8-7-16(21)15-18(20)24;1-21-13-15-22(16-14-21)11-6-12-23-17-7-2-4-9-19(17)24-20-10-5-3-8-18(20)23/h2*2-3,5-8,15H,4,9-14H2,1H3;2-5,7-10H,6,11-16H2,1H3. The highest BCUT2D eigenvalue weighted by molar-refractivity contribution is 7.99. The Morgan fingerprint density at radius 3 is 1.01 bits per heavy atom. The van der Waals surface area contributed by atoms with Gasteiger partial charge in [0.15, 0.2) is 0 Å². The second-order valence-electron chi connectivity index (χ2n) is 21.2. The minimum Gasteiger partial charge on any atom is -0.340 e. The number of piperazine rings is 3. The normalized spacial score (nSPS) is 19.2. The van der Waals surface area contributed by atoms with E-state index in [1.54, 1.807) is 60.7 Å². The van der Waals surface area contributed by atoms with E-state index in [-0.39, 0.29) is 0 Å². The Balaban J connectivity index is 0.000000133. The molecular weight excluding hydrogens is 1080 g/mol. The smallest absolute Gasteiger partial charge is 0.210 e. The zero-order valence-electron chi connectivity index (χ0n) is 45.2. The maximum atomic E-state index is 13.0. The predicted molar refractivity (Wildman–Crippen MR) is 320 cm³/mol. The van der Waals surface area contributed by atoms with Crippen LogP contribution < -0.4 is 14.7 Å². The van der Waals surface area contributed by atoms with Crippen LogP contribution in [0.4, 0.5) is 34.1 Å². The van der Waals surface area contributed by atoms with Crippen LogP contribution in [-0.4, -0.2) is 185 Å². The lowest BCUT2D eigenvalue weighted by atomic mass is 10.2. The second-order valence-corrected chi connectivity index (χ2v) is 26.9. The fraction of sp³-hybridized carbons (Fsp3) is 0.400. The molecule has 0 atom stereocenters. The van der Waals surface area contributed by atoms with E-state index in [2.05, 4.69) is 114 Å². The topological polar surface area (TPSA) is 97.4 Å². The van der Waals surface area contributed by atoms with Crippen molar-refractivity contribution in [1.29, 1.82) is 0 Å². The molecule has 414 valence electrons. The van der Waals surface area contributed by atoms with Crippen LogP contribution >= 0.6 is 35.0 Å². The third-order valence-corrected chi connectivity index (χ3v) is 21.1. The zero-order valence-corrected chi connectivity index (χ0v) is 49.2. The molecule has 18 heteroatoms. The van der Waals surface area contributed by atoms with E-state index < -0.39 is 19.7 Å². The lowest BCUT2D eigenvalue weighted by Gasteiger charge is -2.35. The molecule has 13 nitrogen and oxygen atoms in total. The van der Waals surface area contributed by atoms with Gasteiger partial charge in [-0.1, -0.05) is 83.5 Å². The lowest BCUT2D eigenvalue weighted by molar-refractivity contribution is 0.153. The summed E-state index contributed by atoms with van der Waals surface area (Å²) in [6.07, 6.45) is 3.13. The number of likely N-dealkylation sites (N-methyl/N-ethyl adjacent to an activating group) is 3. The van der Waals surface area contributed by atoms with Crippen LogP contribution in [0.25, 0.3) is 0 Å². The number of sulfone groups is 2. The number of nitrogens with zero attached hydrogens (tertiary/aromatic N) is 9. The number of hydrogen-bond donors (Lipinski definition) is 0. The van der Waals surface area contributed by atoms with Crippen LogP contribution in [0.1, 0.15) is 19.3 Å². The van der Waals surface area contributed by atoms with Crippen molar-refractivity contribution in [3.05, 3.63) is 144 Å². The fourth-order valence-electron chi connectivity index (χ4n) is 11.2. The van der Waals surface area contributed by atoms with Crippen molar-refractivity contribution in [1.82, 2.24) is 29.4 Å². The van der Waals surface area contributed by atoms with E-state index in [1.807, 2.05) is 36.0 Å². The molecule has 0 spiro atoms. The number of fused-ring (bicyclic) bond motifs is 6. The van der Waals surface area contributed by atoms with Gasteiger partial charge in [0.05, 0.1) is 53.7 Å². The van der Waals surface area contributed by atoms with Gasteiger partial charge in [0.25, 0.3) is 0 Å². The largest absolute Gasteiger partial charge is 0.340 e. The number of hydrogen-bond acceptors (Lipinski definition) is 14. The highest BCUT2D eigenvalue weighted by Gasteiger charge is 2.36. The van der Waals surface area contributed by atoms with E-state index in [1.165, 1.54) is 60.3 Å². The Labute approximate surface area is 477 Å². The summed E-state index contributed by atoms with van der Waals surface area (Å²) in [5.41, 5.74) is 5.56. The lowest BCUT2D eigenvalue weighted by Crippen LogP contribution is -2.45. The number of para-hydroxylation sites is 4. The SMILES string of the molecule is CN1CCN(CCCN2c3ccccc3S(=O)(=O)c3ccc(Cl)cc32)CC1.CN1CCN(CCCN2c3ccccc3S(=O)(=O)c3ccc(Cl)cc32)CC1.CN1CCN(CCCN2c3ccccc3Sc3ccccc32)CC1. The number of halogens is 2. The fourth-order valence-corrected chi connectivity index (χ4v) is 16.0. The molecule has 0 aromatic heterocycles. The molecule has 3 fully saturated rings. The van der Waals surface area contributed by atoms with Crippen molar-refractivity contribution in [2.75, 3.05) is 154 Å². The van der Waals surface area contributed by atoms with Crippen molar-refractivity contribution in [2.45, 2.75) is 48.6 Å². The average molecular weight is 1150 g/mol. The average Bonchev–Trinajstić information content (AvgIpc) is 3.64. The first-order valence-corrected chi connectivity index (χ1v) is 32.0. The number of benzene rings is 6. The summed E-state index contributed by atoms with van der Waals surface area (Å²) in [6.45, 7) is 19.4. The van der Waals surface area contributed by atoms with E-state index >= 15 is 0 Å². The Hall–Kier alpha value is -4.69. The Morgan fingerprint density at radius 1 is 0.359 bits per heavy atom. The summed E-state index contributed by atoms with van der Waals surface area (Å²) in [4.78, 5) is 25.6. The monoisotopic (exact) mass is 1150 g/mol. The van der Waals surface area contributed by atoms with Crippen LogP contribution in [0, 0.1) is 0 Å². The maximum absolute atomic E-state index is 13.0. The number of rotatable bonds is 12. The van der Waals surface area contributed by atoms with E-state index in [4.69, 9.17) is 23.2 Å². The van der Waals surface area contributed by atoms with Gasteiger partial charge in [-0.15, -0.1) is 0 Å². The highest BCUT2D eigenvalue weighted by atomic mass is 35.5. The van der Waals surface area contributed by atoms with Crippen molar-refractivity contribution in [2.24, 2.45) is 0 Å².